The molecule has 1 heterocycles. The molecule has 1 rings (SSSR count). The van der Waals surface area contributed by atoms with Crippen molar-refractivity contribution in [2.45, 2.75) is 10.2 Å². The molecule has 0 unspecified atom stereocenters. The molecule has 1 aromatic rings. The van der Waals surface area contributed by atoms with Crippen LogP contribution in [0.25, 0.3) is 0 Å². The molecule has 0 amide bonds. The lowest BCUT2D eigenvalue weighted by Gasteiger charge is -1.94. The number of rotatable bonds is 3. The number of nitrogens with zero attached hydrogens (tertiary/aromatic N) is 2. The predicted octanol–water partition coefficient (Wildman–Crippen LogP) is 0.160. The number of aromatic nitrogens is 2. The largest absolute Gasteiger partial charge is 0.301 e. The van der Waals surface area contributed by atoms with Crippen LogP contribution in [0.4, 0.5) is 0 Å². The van der Waals surface area contributed by atoms with Gasteiger partial charge in [0.05, 0.1) is 0 Å². The molecular weight excluding hydrogens is 244 g/mol. The lowest BCUT2D eigenvalue weighted by Crippen LogP contribution is -2.43. The summed E-state index contributed by atoms with van der Waals surface area (Å²) in [5.41, 5.74) is 5.31. The van der Waals surface area contributed by atoms with Gasteiger partial charge in [0.25, 0.3) is 0 Å². The van der Waals surface area contributed by atoms with Gasteiger partial charge in [-0.25, -0.2) is 4.68 Å². The first-order valence-corrected chi connectivity index (χ1v) is 6.69. The highest BCUT2D eigenvalue weighted by Crippen LogP contribution is 2.19. The minimum Gasteiger partial charge on any atom is -0.282 e. The van der Waals surface area contributed by atoms with E-state index < -0.39 is 0 Å². The Kier molecular flexibility index (Phi) is 4.23. The monoisotopic (exact) mass is 253 g/mol. The molecule has 4 N–H and O–H groups in total. The minimum absolute atomic E-state index is 0.334. The van der Waals surface area contributed by atoms with E-state index in [9.17, 15) is 0 Å². The van der Waals surface area contributed by atoms with Crippen LogP contribution in [0.3, 0.4) is 0 Å². The SMILES string of the molecule is CSc1nn(CSC(N)=[NH2+])c(=S)s1. The molecule has 0 bridgehead atoms. The Morgan fingerprint density at radius 3 is 3.00 bits per heavy atom. The van der Waals surface area contributed by atoms with E-state index in [1.807, 2.05) is 6.26 Å². The van der Waals surface area contributed by atoms with Crippen molar-refractivity contribution in [3.63, 3.8) is 0 Å². The van der Waals surface area contributed by atoms with Gasteiger partial charge in [0.2, 0.25) is 0 Å². The third-order valence-electron chi connectivity index (χ3n) is 1.12. The van der Waals surface area contributed by atoms with Gasteiger partial charge in [0, 0.05) is 0 Å². The average Bonchev–Trinajstić information content (AvgIpc) is 2.43. The summed E-state index contributed by atoms with van der Waals surface area (Å²) >= 11 is 9.49. The molecule has 8 heteroatoms. The molecule has 72 valence electrons. The van der Waals surface area contributed by atoms with Crippen LogP contribution in [0.1, 0.15) is 0 Å². The first-order chi connectivity index (χ1) is 6.13. The summed E-state index contributed by atoms with van der Waals surface area (Å²) in [6, 6.07) is 0. The third kappa shape index (κ3) is 3.29. The average molecular weight is 253 g/mol. The maximum atomic E-state index is 5.31. The van der Waals surface area contributed by atoms with Crippen LogP contribution in [-0.2, 0) is 5.88 Å². The Labute approximate surface area is 93.4 Å². The normalized spacial score (nSPS) is 10.2. The Bertz CT molecular complexity index is 354. The van der Waals surface area contributed by atoms with Crippen LogP contribution in [0, 0.1) is 3.95 Å². The molecule has 0 fully saturated rings. The second-order valence-electron chi connectivity index (χ2n) is 2.01. The van der Waals surface area contributed by atoms with E-state index in [1.54, 1.807) is 16.4 Å². The summed E-state index contributed by atoms with van der Waals surface area (Å²) in [5.74, 6) is 0.582. The first-order valence-electron chi connectivity index (χ1n) is 3.26. The Morgan fingerprint density at radius 2 is 2.54 bits per heavy atom. The second kappa shape index (κ2) is 4.99. The Hall–Kier alpha value is -0.0500. The number of hydrogen-bond acceptors (Lipinski definition) is 5. The van der Waals surface area contributed by atoms with Gasteiger partial charge in [-0.1, -0.05) is 23.1 Å². The van der Waals surface area contributed by atoms with Gasteiger partial charge in [0.15, 0.2) is 8.29 Å². The van der Waals surface area contributed by atoms with Crippen molar-refractivity contribution in [1.82, 2.24) is 9.78 Å². The summed E-state index contributed by atoms with van der Waals surface area (Å²) < 4.78 is 3.43. The molecule has 0 atom stereocenters. The summed E-state index contributed by atoms with van der Waals surface area (Å²) in [4.78, 5) is 0. The molecule has 0 saturated carbocycles. The zero-order valence-corrected chi connectivity index (χ0v) is 10.2. The van der Waals surface area contributed by atoms with Crippen molar-refractivity contribution in [3.05, 3.63) is 3.95 Å². The zero-order chi connectivity index (χ0) is 9.84. The lowest BCUT2D eigenvalue weighted by molar-refractivity contribution is -0.110. The first kappa shape index (κ1) is 11.0. The van der Waals surface area contributed by atoms with Gasteiger partial charge in [-0.2, -0.15) is 5.10 Å². The van der Waals surface area contributed by atoms with Crippen LogP contribution < -0.4 is 11.1 Å². The van der Waals surface area contributed by atoms with Crippen LogP contribution in [0.15, 0.2) is 4.34 Å². The molecule has 0 radical (unpaired) electrons. The molecular formula is C5H9N4S4+. The highest BCUT2D eigenvalue weighted by Gasteiger charge is 2.04. The minimum atomic E-state index is 0.334. The van der Waals surface area contributed by atoms with Crippen molar-refractivity contribution in [2.75, 3.05) is 6.26 Å². The van der Waals surface area contributed by atoms with Crippen LogP contribution >= 0.6 is 47.1 Å². The van der Waals surface area contributed by atoms with Crippen LogP contribution in [0.2, 0.25) is 0 Å². The van der Waals surface area contributed by atoms with Gasteiger partial charge in [-0.15, -0.1) is 0 Å². The van der Waals surface area contributed by atoms with Gasteiger partial charge in [0.1, 0.15) is 5.88 Å². The van der Waals surface area contributed by atoms with Crippen LogP contribution in [-0.4, -0.2) is 21.2 Å². The summed E-state index contributed by atoms with van der Waals surface area (Å²) in [6.45, 7) is 0. The maximum absolute atomic E-state index is 5.31. The zero-order valence-electron chi connectivity index (χ0n) is 6.89. The van der Waals surface area contributed by atoms with E-state index in [4.69, 9.17) is 23.4 Å². The van der Waals surface area contributed by atoms with Gasteiger partial charge >= 0.3 is 5.17 Å². The summed E-state index contributed by atoms with van der Waals surface area (Å²) in [7, 11) is 0. The topological polar surface area (TPSA) is 69.4 Å². The van der Waals surface area contributed by atoms with E-state index in [2.05, 4.69) is 5.10 Å². The van der Waals surface area contributed by atoms with Crippen molar-refractivity contribution < 1.29 is 5.41 Å². The van der Waals surface area contributed by atoms with Gasteiger partial charge < -0.3 is 0 Å². The van der Waals surface area contributed by atoms with Crippen molar-refractivity contribution >= 4 is 52.2 Å². The molecule has 0 aliphatic heterocycles. The van der Waals surface area contributed by atoms with E-state index >= 15 is 0 Å². The van der Waals surface area contributed by atoms with E-state index in [0.29, 0.717) is 11.0 Å². The predicted molar refractivity (Wildman–Crippen MR) is 61.4 cm³/mol. The Morgan fingerprint density at radius 1 is 1.85 bits per heavy atom. The van der Waals surface area contributed by atoms with Crippen LogP contribution in [0.5, 0.6) is 0 Å². The highest BCUT2D eigenvalue weighted by atomic mass is 32.2. The number of amidine groups is 1. The smallest absolute Gasteiger partial charge is 0.282 e. The molecule has 0 saturated heterocycles. The summed E-state index contributed by atoms with van der Waals surface area (Å²) in [5, 5.41) is 9.89. The second-order valence-corrected chi connectivity index (χ2v) is 5.71. The van der Waals surface area contributed by atoms with E-state index in [0.717, 1.165) is 8.29 Å². The lowest BCUT2D eigenvalue weighted by atomic mass is 11.3. The van der Waals surface area contributed by atoms with Gasteiger partial charge in [-0.05, 0) is 30.2 Å². The van der Waals surface area contributed by atoms with Crippen molar-refractivity contribution in [1.29, 1.82) is 0 Å². The third-order valence-corrected chi connectivity index (χ3v) is 4.11. The highest BCUT2D eigenvalue weighted by molar-refractivity contribution is 8.12. The Balaban J connectivity index is 2.71. The number of nitrogens with two attached hydrogens (primary N) is 2. The molecule has 0 aromatic carbocycles. The quantitative estimate of drug-likeness (QED) is 0.348. The molecule has 0 aliphatic carbocycles. The van der Waals surface area contributed by atoms with E-state index in [1.165, 1.54) is 23.1 Å². The maximum Gasteiger partial charge on any atom is 0.301 e. The molecule has 4 nitrogen and oxygen atoms in total. The van der Waals surface area contributed by atoms with Crippen molar-refractivity contribution in [3.8, 4) is 0 Å². The fraction of sp³-hybridized carbons (Fsp3) is 0.400. The fourth-order valence-corrected chi connectivity index (χ4v) is 2.96. The molecule has 1 aromatic heterocycles. The number of thioether (sulfide) groups is 2. The fourth-order valence-electron chi connectivity index (χ4n) is 0.587. The standard InChI is InChI=1S/C5H8N4S4/c1-11-4-8-9(5(10)13-4)2-12-3(6)7/h2H2,1H3,(H3,6,7)/p+1. The summed E-state index contributed by atoms with van der Waals surface area (Å²) in [6.07, 6.45) is 1.97. The molecule has 13 heavy (non-hydrogen) atoms. The van der Waals surface area contributed by atoms with E-state index in [-0.39, 0.29) is 0 Å². The van der Waals surface area contributed by atoms with Crippen molar-refractivity contribution in [2.24, 2.45) is 5.73 Å². The molecule has 0 aliphatic rings. The molecule has 0 spiro atoms. The van der Waals surface area contributed by atoms with Gasteiger partial charge in [-0.3, -0.25) is 11.1 Å². The number of hydrogen-bond donors (Lipinski definition) is 2.